The van der Waals surface area contributed by atoms with Gasteiger partial charge in [-0.15, -0.1) is 0 Å². The summed E-state index contributed by atoms with van der Waals surface area (Å²) in [6.45, 7) is 8.22. The number of hydrogen-bond acceptors (Lipinski definition) is 4. The van der Waals surface area contributed by atoms with Gasteiger partial charge in [0.1, 0.15) is 5.75 Å². The number of hydrogen-bond donors (Lipinski definition) is 0. The molecule has 1 aliphatic heterocycles. The SMILES string of the molecule is COc1ccc(C2=Cc3ccccc3N(c3c(C)cc(C)cc3C)C(CS(=O)(=O)c3ccc(C)cc3)=C2)cc1. The summed E-state index contributed by atoms with van der Waals surface area (Å²) in [5.41, 5.74) is 9.95. The third-order valence-electron chi connectivity index (χ3n) is 7.10. The Kier molecular flexibility index (Phi) is 7.19. The minimum Gasteiger partial charge on any atom is -0.497 e. The van der Waals surface area contributed by atoms with E-state index in [4.69, 9.17) is 4.74 Å². The normalized spacial score (nSPS) is 13.3. The van der Waals surface area contributed by atoms with Gasteiger partial charge in [0.2, 0.25) is 0 Å². The molecule has 0 radical (unpaired) electrons. The second-order valence-corrected chi connectivity index (χ2v) is 12.2. The Hall–Kier alpha value is -4.09. The molecule has 0 unspecified atom stereocenters. The van der Waals surface area contributed by atoms with Crippen LogP contribution in [0.1, 0.15) is 33.4 Å². The van der Waals surface area contributed by atoms with Crippen molar-refractivity contribution in [2.24, 2.45) is 0 Å². The average molecular weight is 536 g/mol. The molecule has 0 spiro atoms. The van der Waals surface area contributed by atoms with E-state index in [1.165, 1.54) is 5.56 Å². The maximum Gasteiger partial charge on any atom is 0.183 e. The van der Waals surface area contributed by atoms with Gasteiger partial charge in [-0.3, -0.25) is 0 Å². The molecule has 0 aliphatic carbocycles. The Labute approximate surface area is 231 Å². The maximum atomic E-state index is 13.9. The largest absolute Gasteiger partial charge is 0.497 e. The quantitative estimate of drug-likeness (QED) is 0.251. The number of benzene rings is 4. The van der Waals surface area contributed by atoms with E-state index < -0.39 is 9.84 Å². The van der Waals surface area contributed by atoms with E-state index >= 15 is 0 Å². The Morgan fingerprint density at radius 1 is 0.744 bits per heavy atom. The molecule has 0 atom stereocenters. The van der Waals surface area contributed by atoms with Crippen LogP contribution in [0.4, 0.5) is 11.4 Å². The van der Waals surface area contributed by atoms with Crippen LogP contribution in [0.3, 0.4) is 0 Å². The lowest BCUT2D eigenvalue weighted by Gasteiger charge is -2.31. The van der Waals surface area contributed by atoms with Crippen molar-refractivity contribution in [3.63, 3.8) is 0 Å². The zero-order valence-corrected chi connectivity index (χ0v) is 23.8. The number of nitrogens with zero attached hydrogens (tertiary/aromatic N) is 1. The number of rotatable bonds is 6. The second kappa shape index (κ2) is 10.6. The lowest BCUT2D eigenvalue weighted by molar-refractivity contribution is 0.415. The Morgan fingerprint density at radius 2 is 1.38 bits per heavy atom. The predicted molar refractivity (Wildman–Crippen MR) is 161 cm³/mol. The van der Waals surface area contributed by atoms with Crippen LogP contribution < -0.4 is 9.64 Å². The molecule has 0 aromatic heterocycles. The molecule has 39 heavy (non-hydrogen) atoms. The van der Waals surface area contributed by atoms with Crippen LogP contribution in [0.25, 0.3) is 11.6 Å². The molecule has 0 fully saturated rings. The minimum atomic E-state index is -3.64. The molecule has 0 bridgehead atoms. The first-order valence-electron chi connectivity index (χ1n) is 13.0. The van der Waals surface area contributed by atoms with Crippen LogP contribution in [-0.2, 0) is 9.84 Å². The van der Waals surface area contributed by atoms with Gasteiger partial charge in [0.15, 0.2) is 9.84 Å². The highest BCUT2D eigenvalue weighted by Crippen LogP contribution is 2.42. The maximum absolute atomic E-state index is 13.9. The molecule has 0 saturated heterocycles. The summed E-state index contributed by atoms with van der Waals surface area (Å²) in [6, 6.07) is 27.4. The third-order valence-corrected chi connectivity index (χ3v) is 8.76. The second-order valence-electron chi connectivity index (χ2n) is 10.2. The summed E-state index contributed by atoms with van der Waals surface area (Å²) < 4.78 is 33.1. The third kappa shape index (κ3) is 5.41. The summed E-state index contributed by atoms with van der Waals surface area (Å²) in [7, 11) is -2.00. The number of methoxy groups -OCH3 is 1. The first kappa shape index (κ1) is 26.5. The zero-order valence-electron chi connectivity index (χ0n) is 23.0. The number of ether oxygens (including phenoxy) is 1. The van der Waals surface area contributed by atoms with Crippen LogP contribution in [0.15, 0.2) is 102 Å². The van der Waals surface area contributed by atoms with Crippen molar-refractivity contribution in [2.75, 3.05) is 17.8 Å². The van der Waals surface area contributed by atoms with Crippen molar-refractivity contribution in [2.45, 2.75) is 32.6 Å². The van der Waals surface area contributed by atoms with E-state index in [1.807, 2.05) is 61.5 Å². The minimum absolute atomic E-state index is 0.148. The van der Waals surface area contributed by atoms with Crippen molar-refractivity contribution in [3.8, 4) is 5.75 Å². The van der Waals surface area contributed by atoms with Gasteiger partial charge < -0.3 is 9.64 Å². The number of fused-ring (bicyclic) bond motifs is 1. The van der Waals surface area contributed by atoms with Gasteiger partial charge in [-0.2, -0.15) is 0 Å². The summed E-state index contributed by atoms with van der Waals surface area (Å²) >= 11 is 0. The van der Waals surface area contributed by atoms with E-state index in [0.717, 1.165) is 50.5 Å². The van der Waals surface area contributed by atoms with E-state index in [-0.39, 0.29) is 5.75 Å². The van der Waals surface area contributed by atoms with Crippen molar-refractivity contribution in [3.05, 3.63) is 130 Å². The standard InChI is InChI=1S/C34H33NO3S/c1-23-10-16-32(17-11-23)39(36,37)22-30-21-29(27-12-14-31(38-5)15-13-27)20-28-8-6-7-9-33(28)35(30)34-25(3)18-24(2)19-26(34)4/h6-21H,22H2,1-5H3. The molecule has 4 nitrogen and oxygen atoms in total. The lowest BCUT2D eigenvalue weighted by Crippen LogP contribution is -2.25. The van der Waals surface area contributed by atoms with E-state index in [9.17, 15) is 8.42 Å². The van der Waals surface area contributed by atoms with Crippen molar-refractivity contribution in [1.29, 1.82) is 0 Å². The number of allylic oxidation sites excluding steroid dienone is 2. The van der Waals surface area contributed by atoms with Crippen LogP contribution in [0.5, 0.6) is 5.75 Å². The summed E-state index contributed by atoms with van der Waals surface area (Å²) in [6.07, 6.45) is 4.15. The number of para-hydroxylation sites is 1. The predicted octanol–water partition coefficient (Wildman–Crippen LogP) is 7.98. The number of sulfone groups is 1. The van der Waals surface area contributed by atoms with Gasteiger partial charge in [-0.25, -0.2) is 8.42 Å². The fourth-order valence-electron chi connectivity index (χ4n) is 5.29. The number of aryl methyl sites for hydroxylation is 4. The molecule has 0 N–H and O–H groups in total. The molecule has 5 rings (SSSR count). The molecule has 1 heterocycles. The summed E-state index contributed by atoms with van der Waals surface area (Å²) in [5.74, 6) is 0.622. The van der Waals surface area contributed by atoms with E-state index in [1.54, 1.807) is 19.2 Å². The molecular formula is C34H33NO3S. The highest BCUT2D eigenvalue weighted by atomic mass is 32.2. The molecule has 5 heteroatoms. The monoisotopic (exact) mass is 535 g/mol. The van der Waals surface area contributed by atoms with Crippen molar-refractivity contribution in [1.82, 2.24) is 0 Å². The van der Waals surface area contributed by atoms with Crippen LogP contribution >= 0.6 is 0 Å². The Bertz CT molecular complexity index is 1670. The van der Waals surface area contributed by atoms with Crippen molar-refractivity contribution >= 4 is 32.9 Å². The Balaban J connectivity index is 1.75. The van der Waals surface area contributed by atoms with Gasteiger partial charge >= 0.3 is 0 Å². The molecule has 1 aliphatic rings. The topological polar surface area (TPSA) is 46.6 Å². The number of anilines is 2. The molecule has 198 valence electrons. The van der Waals surface area contributed by atoms with Gasteiger partial charge in [0, 0.05) is 5.70 Å². The highest BCUT2D eigenvalue weighted by molar-refractivity contribution is 7.91. The molecular weight excluding hydrogens is 502 g/mol. The van der Waals surface area contributed by atoms with Gasteiger partial charge in [-0.1, -0.05) is 65.7 Å². The van der Waals surface area contributed by atoms with Gasteiger partial charge in [0.05, 0.1) is 29.1 Å². The molecule has 4 aromatic carbocycles. The zero-order chi connectivity index (χ0) is 27.7. The molecule has 0 saturated carbocycles. The average Bonchev–Trinajstić information content (AvgIpc) is 3.05. The van der Waals surface area contributed by atoms with Crippen LogP contribution in [0, 0.1) is 27.7 Å². The molecule has 4 aromatic rings. The first-order chi connectivity index (χ1) is 18.7. The van der Waals surface area contributed by atoms with Crippen molar-refractivity contribution < 1.29 is 13.2 Å². The molecule has 0 amide bonds. The van der Waals surface area contributed by atoms with Gasteiger partial charge in [0.25, 0.3) is 0 Å². The van der Waals surface area contributed by atoms with Crippen LogP contribution in [0.2, 0.25) is 0 Å². The Morgan fingerprint density at radius 3 is 2.03 bits per heavy atom. The summed E-state index contributed by atoms with van der Waals surface area (Å²) in [5, 5.41) is 0. The van der Waals surface area contributed by atoms with Crippen LogP contribution in [-0.4, -0.2) is 21.3 Å². The van der Waals surface area contributed by atoms with Gasteiger partial charge in [-0.05, 0) is 98.0 Å². The fraction of sp³-hybridized carbons (Fsp3) is 0.176. The first-order valence-corrected chi connectivity index (χ1v) is 14.6. The van der Waals surface area contributed by atoms with E-state index in [2.05, 4.69) is 56.0 Å². The summed E-state index contributed by atoms with van der Waals surface area (Å²) in [4.78, 5) is 2.46. The fourth-order valence-corrected chi connectivity index (χ4v) is 6.61. The smallest absolute Gasteiger partial charge is 0.183 e. The highest BCUT2D eigenvalue weighted by Gasteiger charge is 2.28. The lowest BCUT2D eigenvalue weighted by atomic mass is 10.0. The van der Waals surface area contributed by atoms with E-state index in [0.29, 0.717) is 10.6 Å².